The first-order chi connectivity index (χ1) is 12.7. The smallest absolute Gasteiger partial charge is 0.271 e. The molecule has 3 heterocycles. The fraction of sp³-hybridized carbons (Fsp3) is 0.474. The molecule has 0 spiro atoms. The van der Waals surface area contributed by atoms with Gasteiger partial charge in [0.15, 0.2) is 5.82 Å². The maximum atomic E-state index is 14.6. The van der Waals surface area contributed by atoms with Crippen molar-refractivity contribution in [3.8, 4) is 0 Å². The Bertz CT molecular complexity index is 982. The Morgan fingerprint density at radius 2 is 2.22 bits per heavy atom. The number of aliphatic imine (C=N–C) groups is 1. The highest BCUT2D eigenvalue weighted by molar-refractivity contribution is 9.10. The molecule has 2 aliphatic rings. The molecule has 1 aromatic carbocycles. The predicted octanol–water partition coefficient (Wildman–Crippen LogP) is 5.09. The number of thioether (sulfide) groups is 1. The Kier molecular flexibility index (Phi) is 4.84. The maximum Gasteiger partial charge on any atom is 0.271 e. The van der Waals surface area contributed by atoms with Crippen molar-refractivity contribution in [3.63, 3.8) is 0 Å². The largest absolute Gasteiger partial charge is 0.375 e. The SMILES string of the molecule is CC1=Nc2c(c(=O)[nH]n2[C@@H]2CCOC(C)(C)C2)[C@@H](c2ccc(Br)cc2F)S1. The molecule has 144 valence electrons. The zero-order valence-corrected chi connectivity index (χ0v) is 17.8. The van der Waals surface area contributed by atoms with Crippen LogP contribution in [-0.4, -0.2) is 27.0 Å². The second-order valence-corrected chi connectivity index (χ2v) is 9.81. The second-order valence-electron chi connectivity index (χ2n) is 7.60. The Morgan fingerprint density at radius 1 is 1.44 bits per heavy atom. The highest BCUT2D eigenvalue weighted by Gasteiger charge is 2.36. The summed E-state index contributed by atoms with van der Waals surface area (Å²) in [5.41, 5.74) is 0.562. The number of aromatic amines is 1. The Hall–Kier alpha value is -1.38. The lowest BCUT2D eigenvalue weighted by molar-refractivity contribution is -0.0705. The summed E-state index contributed by atoms with van der Waals surface area (Å²) in [6.07, 6.45) is 1.59. The van der Waals surface area contributed by atoms with Crippen LogP contribution in [0, 0.1) is 5.82 Å². The normalized spacial score (nSPS) is 24.4. The van der Waals surface area contributed by atoms with Crippen LogP contribution < -0.4 is 5.56 Å². The number of benzene rings is 1. The molecule has 8 heteroatoms. The molecule has 2 aliphatic heterocycles. The monoisotopic (exact) mass is 453 g/mol. The van der Waals surface area contributed by atoms with Crippen molar-refractivity contribution in [2.45, 2.75) is 50.5 Å². The lowest BCUT2D eigenvalue weighted by atomic mass is 9.94. The number of fused-ring (bicyclic) bond motifs is 1. The van der Waals surface area contributed by atoms with Crippen LogP contribution in [0.2, 0.25) is 0 Å². The van der Waals surface area contributed by atoms with Crippen LogP contribution >= 0.6 is 27.7 Å². The molecule has 1 saturated heterocycles. The van der Waals surface area contributed by atoms with Crippen molar-refractivity contribution in [2.24, 2.45) is 4.99 Å². The minimum Gasteiger partial charge on any atom is -0.375 e. The number of nitrogens with zero attached hydrogens (tertiary/aromatic N) is 2. The first kappa shape index (κ1) is 19.0. The van der Waals surface area contributed by atoms with Gasteiger partial charge in [-0.3, -0.25) is 14.6 Å². The number of hydrogen-bond acceptors (Lipinski definition) is 4. The van der Waals surface area contributed by atoms with Crippen molar-refractivity contribution < 1.29 is 9.13 Å². The molecule has 0 unspecified atom stereocenters. The number of rotatable bonds is 2. The van der Waals surface area contributed by atoms with E-state index in [2.05, 4.69) is 39.9 Å². The number of halogens is 2. The van der Waals surface area contributed by atoms with Crippen LogP contribution in [-0.2, 0) is 4.74 Å². The molecule has 27 heavy (non-hydrogen) atoms. The molecular formula is C19H21BrFN3O2S. The third-order valence-electron chi connectivity index (χ3n) is 5.03. The summed E-state index contributed by atoms with van der Waals surface area (Å²) in [6.45, 7) is 6.64. The molecule has 2 atom stereocenters. The molecule has 1 fully saturated rings. The van der Waals surface area contributed by atoms with Gasteiger partial charge in [-0.05, 0) is 45.7 Å². The van der Waals surface area contributed by atoms with E-state index in [1.54, 1.807) is 12.1 Å². The second kappa shape index (κ2) is 6.90. The number of H-pyrrole nitrogens is 1. The van der Waals surface area contributed by atoms with Crippen molar-refractivity contribution in [1.29, 1.82) is 0 Å². The van der Waals surface area contributed by atoms with E-state index in [-0.39, 0.29) is 23.0 Å². The van der Waals surface area contributed by atoms with E-state index in [4.69, 9.17) is 4.74 Å². The van der Waals surface area contributed by atoms with Gasteiger partial charge in [0.2, 0.25) is 0 Å². The van der Waals surface area contributed by atoms with Gasteiger partial charge < -0.3 is 4.74 Å². The Labute approximate surface area is 169 Å². The highest BCUT2D eigenvalue weighted by Crippen LogP contribution is 2.46. The lowest BCUT2D eigenvalue weighted by Crippen LogP contribution is -2.35. The van der Waals surface area contributed by atoms with Crippen molar-refractivity contribution in [2.75, 3.05) is 6.61 Å². The topological polar surface area (TPSA) is 59.4 Å². The Balaban J connectivity index is 1.82. The summed E-state index contributed by atoms with van der Waals surface area (Å²) in [5, 5.41) is 3.37. The summed E-state index contributed by atoms with van der Waals surface area (Å²) in [6, 6.07) is 5.06. The van der Waals surface area contributed by atoms with Crippen LogP contribution in [0.1, 0.15) is 56.0 Å². The molecule has 0 radical (unpaired) electrons. The number of aromatic nitrogens is 2. The molecule has 1 aromatic heterocycles. The third kappa shape index (κ3) is 3.54. The minimum atomic E-state index is -0.413. The van der Waals surface area contributed by atoms with Crippen molar-refractivity contribution in [3.05, 3.63) is 50.0 Å². The fourth-order valence-electron chi connectivity index (χ4n) is 3.83. The average Bonchev–Trinajstić information content (AvgIpc) is 2.90. The van der Waals surface area contributed by atoms with Crippen molar-refractivity contribution >= 4 is 38.6 Å². The quantitative estimate of drug-likeness (QED) is 0.688. The van der Waals surface area contributed by atoms with Crippen LogP contribution in [0.3, 0.4) is 0 Å². The first-order valence-electron chi connectivity index (χ1n) is 8.90. The summed E-state index contributed by atoms with van der Waals surface area (Å²) in [5.74, 6) is 0.285. The minimum absolute atomic E-state index is 0.0975. The molecule has 0 bridgehead atoms. The lowest BCUT2D eigenvalue weighted by Gasteiger charge is -2.36. The van der Waals surface area contributed by atoms with E-state index in [9.17, 15) is 9.18 Å². The van der Waals surface area contributed by atoms with Gasteiger partial charge in [-0.1, -0.05) is 33.8 Å². The van der Waals surface area contributed by atoms with Crippen LogP contribution in [0.5, 0.6) is 0 Å². The maximum absolute atomic E-state index is 14.6. The molecule has 0 saturated carbocycles. The van der Waals surface area contributed by atoms with Gasteiger partial charge in [-0.25, -0.2) is 9.38 Å². The van der Waals surface area contributed by atoms with E-state index >= 15 is 0 Å². The first-order valence-corrected chi connectivity index (χ1v) is 10.6. The van der Waals surface area contributed by atoms with Gasteiger partial charge >= 0.3 is 0 Å². The van der Waals surface area contributed by atoms with Gasteiger partial charge in [-0.15, -0.1) is 0 Å². The predicted molar refractivity (Wildman–Crippen MR) is 110 cm³/mol. The molecule has 0 amide bonds. The van der Waals surface area contributed by atoms with E-state index in [1.807, 2.05) is 11.6 Å². The van der Waals surface area contributed by atoms with E-state index in [0.29, 0.717) is 28.0 Å². The third-order valence-corrected chi connectivity index (χ3v) is 6.68. The zero-order valence-electron chi connectivity index (χ0n) is 15.4. The van der Waals surface area contributed by atoms with Gasteiger partial charge in [0.1, 0.15) is 5.82 Å². The van der Waals surface area contributed by atoms with Crippen LogP contribution in [0.15, 0.2) is 32.5 Å². The molecule has 0 aliphatic carbocycles. The number of nitrogens with one attached hydrogen (secondary N) is 1. The van der Waals surface area contributed by atoms with Gasteiger partial charge in [0.25, 0.3) is 5.56 Å². The van der Waals surface area contributed by atoms with E-state index in [0.717, 1.165) is 17.9 Å². The molecule has 2 aromatic rings. The molecule has 1 N–H and O–H groups in total. The zero-order chi connectivity index (χ0) is 19.3. The van der Waals surface area contributed by atoms with Crippen LogP contribution in [0.25, 0.3) is 0 Å². The van der Waals surface area contributed by atoms with E-state index in [1.165, 1.54) is 17.8 Å². The van der Waals surface area contributed by atoms with Crippen LogP contribution in [0.4, 0.5) is 10.2 Å². The Morgan fingerprint density at radius 3 is 2.93 bits per heavy atom. The highest BCUT2D eigenvalue weighted by atomic mass is 79.9. The van der Waals surface area contributed by atoms with Gasteiger partial charge in [0, 0.05) is 16.6 Å². The summed E-state index contributed by atoms with van der Waals surface area (Å²) in [7, 11) is 0. The van der Waals surface area contributed by atoms with E-state index < -0.39 is 5.25 Å². The standard InChI is InChI=1S/C19H21BrFN3O2S/c1-10-22-17-15(16(27-10)13-5-4-11(20)8-14(13)21)18(25)23-24(17)12-6-7-26-19(2,3)9-12/h4-5,8,12,16H,6-7,9H2,1-3H3,(H,23,25)/t12-,16-/m1/s1. The summed E-state index contributed by atoms with van der Waals surface area (Å²) < 4.78 is 23.0. The molecule has 4 rings (SSSR count). The molecule has 5 nitrogen and oxygen atoms in total. The average molecular weight is 454 g/mol. The van der Waals surface area contributed by atoms with Gasteiger partial charge in [0.05, 0.1) is 27.5 Å². The summed E-state index contributed by atoms with van der Waals surface area (Å²) >= 11 is 4.70. The number of hydrogen-bond donors (Lipinski definition) is 1. The summed E-state index contributed by atoms with van der Waals surface area (Å²) in [4.78, 5) is 17.5. The van der Waals surface area contributed by atoms with Gasteiger partial charge in [-0.2, -0.15) is 0 Å². The fourth-order valence-corrected chi connectivity index (χ4v) is 5.29. The number of ether oxygens (including phenoxy) is 1. The molecular weight excluding hydrogens is 433 g/mol. The van der Waals surface area contributed by atoms with Crippen molar-refractivity contribution in [1.82, 2.24) is 9.78 Å².